The first-order valence-corrected chi connectivity index (χ1v) is 6.99. The maximum absolute atomic E-state index is 12.3. The third-order valence-corrected chi connectivity index (χ3v) is 3.73. The summed E-state index contributed by atoms with van der Waals surface area (Å²) in [6.45, 7) is 0. The first-order valence-electron chi connectivity index (χ1n) is 6.62. The summed E-state index contributed by atoms with van der Waals surface area (Å²) in [7, 11) is 1.48. The van der Waals surface area contributed by atoms with Crippen molar-refractivity contribution in [2.24, 2.45) is 5.92 Å². The number of amides is 1. The van der Waals surface area contributed by atoms with E-state index in [1.54, 1.807) is 0 Å². The number of carbonyl (C=O) groups is 1. The highest BCUT2D eigenvalue weighted by Gasteiger charge is 2.27. The molecule has 3 rings (SSSR count). The number of aromatic nitrogens is 2. The molecule has 1 aromatic heterocycles. The van der Waals surface area contributed by atoms with Crippen LogP contribution in [0, 0.1) is 5.92 Å². The summed E-state index contributed by atoms with van der Waals surface area (Å²) in [5, 5.41) is 2.94. The Balaban J connectivity index is 1.72. The number of carbonyl (C=O) groups excluding carboxylic acids is 1. The highest BCUT2D eigenvalue weighted by molar-refractivity contribution is 6.29. The van der Waals surface area contributed by atoms with Gasteiger partial charge in [0.25, 0.3) is 0 Å². The quantitative estimate of drug-likeness (QED) is 0.885. The van der Waals surface area contributed by atoms with E-state index in [4.69, 9.17) is 16.3 Å². The van der Waals surface area contributed by atoms with Crippen LogP contribution in [-0.2, 0) is 17.6 Å². The number of hydrogen-bond acceptors (Lipinski definition) is 4. The van der Waals surface area contributed by atoms with Crippen LogP contribution in [0.25, 0.3) is 0 Å². The van der Waals surface area contributed by atoms with Gasteiger partial charge in [0.05, 0.1) is 7.11 Å². The van der Waals surface area contributed by atoms with E-state index >= 15 is 0 Å². The molecule has 0 radical (unpaired) electrons. The number of methoxy groups -OCH3 is 1. The molecule has 0 spiro atoms. The lowest BCUT2D eigenvalue weighted by Crippen LogP contribution is -2.24. The molecule has 1 aliphatic rings. The molecule has 0 bridgehead atoms. The van der Waals surface area contributed by atoms with Crippen molar-refractivity contribution in [3.8, 4) is 5.88 Å². The van der Waals surface area contributed by atoms with Gasteiger partial charge in [0, 0.05) is 12.0 Å². The van der Waals surface area contributed by atoms with Crippen molar-refractivity contribution in [1.82, 2.24) is 9.97 Å². The van der Waals surface area contributed by atoms with E-state index in [9.17, 15) is 4.79 Å². The summed E-state index contributed by atoms with van der Waals surface area (Å²) in [5.74, 6) is 0.284. The van der Waals surface area contributed by atoms with Gasteiger partial charge in [-0.25, -0.2) is 4.98 Å². The van der Waals surface area contributed by atoms with Gasteiger partial charge in [-0.05, 0) is 24.0 Å². The Bertz CT molecular complexity index is 665. The molecule has 5 nitrogen and oxygen atoms in total. The van der Waals surface area contributed by atoms with Crippen LogP contribution in [0.3, 0.4) is 0 Å². The molecule has 2 aromatic rings. The minimum Gasteiger partial charge on any atom is -0.481 e. The third-order valence-electron chi connectivity index (χ3n) is 3.54. The van der Waals surface area contributed by atoms with Gasteiger partial charge in [0.1, 0.15) is 5.15 Å². The second-order valence-corrected chi connectivity index (χ2v) is 5.31. The molecular weight excluding hydrogens is 290 g/mol. The number of ether oxygens (including phenoxy) is 1. The zero-order chi connectivity index (χ0) is 14.8. The van der Waals surface area contributed by atoms with Crippen molar-refractivity contribution in [3.63, 3.8) is 0 Å². The van der Waals surface area contributed by atoms with Gasteiger partial charge >= 0.3 is 0 Å². The Morgan fingerprint density at radius 2 is 1.95 bits per heavy atom. The van der Waals surface area contributed by atoms with Crippen molar-refractivity contribution in [2.75, 3.05) is 12.4 Å². The average Bonchev–Trinajstić information content (AvgIpc) is 2.90. The maximum Gasteiger partial charge on any atom is 0.234 e. The van der Waals surface area contributed by atoms with E-state index in [1.165, 1.54) is 24.3 Å². The zero-order valence-corrected chi connectivity index (χ0v) is 12.2. The first kappa shape index (κ1) is 13.8. The summed E-state index contributed by atoms with van der Waals surface area (Å²) in [4.78, 5) is 20.4. The van der Waals surface area contributed by atoms with Crippen LogP contribution in [0.15, 0.2) is 30.3 Å². The first-order chi connectivity index (χ1) is 10.2. The minimum absolute atomic E-state index is 0.101. The molecule has 0 unspecified atom stereocenters. The van der Waals surface area contributed by atoms with Gasteiger partial charge in [-0.1, -0.05) is 35.9 Å². The third kappa shape index (κ3) is 2.97. The van der Waals surface area contributed by atoms with Crippen LogP contribution >= 0.6 is 11.6 Å². The van der Waals surface area contributed by atoms with Crippen LogP contribution < -0.4 is 10.1 Å². The second-order valence-electron chi connectivity index (χ2n) is 4.92. The Morgan fingerprint density at radius 1 is 1.29 bits per heavy atom. The molecule has 21 heavy (non-hydrogen) atoms. The number of rotatable bonds is 3. The number of anilines is 1. The predicted octanol–water partition coefficient (Wildman–Crippen LogP) is 2.49. The normalized spacial score (nSPS) is 13.8. The van der Waals surface area contributed by atoms with Crippen LogP contribution in [0.5, 0.6) is 5.88 Å². The van der Waals surface area contributed by atoms with E-state index < -0.39 is 0 Å². The molecule has 1 aliphatic carbocycles. The fourth-order valence-electron chi connectivity index (χ4n) is 2.51. The summed E-state index contributed by atoms with van der Waals surface area (Å²) in [6, 6.07) is 9.58. The molecule has 6 heteroatoms. The number of hydrogen-bond donors (Lipinski definition) is 1. The number of nitrogens with one attached hydrogen (secondary N) is 1. The Hall–Kier alpha value is -2.14. The molecule has 1 aromatic carbocycles. The van der Waals surface area contributed by atoms with Gasteiger partial charge in [-0.3, -0.25) is 10.1 Å². The lowest BCUT2D eigenvalue weighted by Gasteiger charge is -2.10. The topological polar surface area (TPSA) is 64.1 Å². The monoisotopic (exact) mass is 303 g/mol. The molecule has 0 atom stereocenters. The van der Waals surface area contributed by atoms with E-state index in [-0.39, 0.29) is 22.9 Å². The Labute approximate surface area is 127 Å². The lowest BCUT2D eigenvalue weighted by atomic mass is 10.1. The molecule has 0 saturated carbocycles. The van der Waals surface area contributed by atoms with Gasteiger partial charge in [0.15, 0.2) is 0 Å². The maximum atomic E-state index is 12.3. The fourth-order valence-corrected chi connectivity index (χ4v) is 2.69. The minimum atomic E-state index is -0.101. The SMILES string of the molecule is COc1cc(Cl)nc(NC(=O)C2Cc3ccccc3C2)n1. The van der Waals surface area contributed by atoms with Crippen LogP contribution in [-0.4, -0.2) is 23.0 Å². The van der Waals surface area contributed by atoms with Gasteiger partial charge in [0.2, 0.25) is 17.7 Å². The molecule has 0 saturated heterocycles. The summed E-state index contributed by atoms with van der Waals surface area (Å²) in [6.07, 6.45) is 1.47. The lowest BCUT2D eigenvalue weighted by molar-refractivity contribution is -0.119. The van der Waals surface area contributed by atoms with Crippen molar-refractivity contribution < 1.29 is 9.53 Å². The number of fused-ring (bicyclic) bond motifs is 1. The second kappa shape index (κ2) is 5.69. The smallest absolute Gasteiger partial charge is 0.234 e. The number of nitrogens with zero attached hydrogens (tertiary/aromatic N) is 2. The molecular formula is C15H14ClN3O2. The standard InChI is InChI=1S/C15H14ClN3O2/c1-21-13-8-12(16)17-15(18-13)19-14(20)11-6-9-4-2-3-5-10(9)7-11/h2-5,8,11H,6-7H2,1H3,(H,17,18,19,20). The summed E-state index contributed by atoms with van der Waals surface area (Å²) in [5.41, 5.74) is 2.45. The molecule has 1 amide bonds. The number of halogens is 1. The Kier molecular flexibility index (Phi) is 3.75. The van der Waals surface area contributed by atoms with Crippen molar-refractivity contribution in [3.05, 3.63) is 46.6 Å². The molecule has 1 N–H and O–H groups in total. The molecule has 0 fully saturated rings. The van der Waals surface area contributed by atoms with Crippen molar-refractivity contribution in [2.45, 2.75) is 12.8 Å². The van der Waals surface area contributed by atoms with E-state index in [0.717, 1.165) is 12.8 Å². The van der Waals surface area contributed by atoms with Crippen LogP contribution in [0.2, 0.25) is 5.15 Å². The van der Waals surface area contributed by atoms with Crippen LogP contribution in [0.4, 0.5) is 5.95 Å². The van der Waals surface area contributed by atoms with Crippen molar-refractivity contribution in [1.29, 1.82) is 0 Å². The van der Waals surface area contributed by atoms with E-state index in [0.29, 0.717) is 5.88 Å². The van der Waals surface area contributed by atoms with Crippen LogP contribution in [0.1, 0.15) is 11.1 Å². The van der Waals surface area contributed by atoms with E-state index in [1.807, 2.05) is 12.1 Å². The molecule has 108 valence electrons. The highest BCUT2D eigenvalue weighted by atomic mass is 35.5. The predicted molar refractivity (Wildman–Crippen MR) is 79.6 cm³/mol. The molecule has 0 aliphatic heterocycles. The van der Waals surface area contributed by atoms with Gasteiger partial charge in [-0.2, -0.15) is 4.98 Å². The summed E-state index contributed by atoms with van der Waals surface area (Å²) < 4.78 is 5.01. The number of benzene rings is 1. The van der Waals surface area contributed by atoms with E-state index in [2.05, 4.69) is 27.4 Å². The average molecular weight is 304 g/mol. The highest BCUT2D eigenvalue weighted by Crippen LogP contribution is 2.27. The largest absolute Gasteiger partial charge is 0.481 e. The van der Waals surface area contributed by atoms with Gasteiger partial charge < -0.3 is 4.74 Å². The fraction of sp³-hybridized carbons (Fsp3) is 0.267. The van der Waals surface area contributed by atoms with Gasteiger partial charge in [-0.15, -0.1) is 0 Å². The molecule has 1 heterocycles. The van der Waals surface area contributed by atoms with Crippen molar-refractivity contribution >= 4 is 23.5 Å². The Morgan fingerprint density at radius 3 is 2.57 bits per heavy atom. The zero-order valence-electron chi connectivity index (χ0n) is 11.5. The summed E-state index contributed by atoms with van der Waals surface area (Å²) >= 11 is 5.86.